The minimum atomic E-state index is -0.557. The SMILES string of the molecule is COC1CCC(CCNC(=O)c2ccc(F)cc2O)CC1. The van der Waals surface area contributed by atoms with E-state index in [0.29, 0.717) is 18.6 Å². The molecule has 0 atom stereocenters. The highest BCUT2D eigenvalue weighted by molar-refractivity contribution is 5.96. The van der Waals surface area contributed by atoms with E-state index in [0.717, 1.165) is 38.2 Å². The molecule has 21 heavy (non-hydrogen) atoms. The van der Waals surface area contributed by atoms with Gasteiger partial charge < -0.3 is 15.2 Å². The van der Waals surface area contributed by atoms with E-state index in [9.17, 15) is 14.3 Å². The fourth-order valence-corrected chi connectivity index (χ4v) is 2.84. The predicted molar refractivity (Wildman–Crippen MR) is 77.8 cm³/mol. The Morgan fingerprint density at radius 1 is 1.38 bits per heavy atom. The fourth-order valence-electron chi connectivity index (χ4n) is 2.84. The second-order valence-corrected chi connectivity index (χ2v) is 5.58. The highest BCUT2D eigenvalue weighted by atomic mass is 19.1. The summed E-state index contributed by atoms with van der Waals surface area (Å²) in [5.41, 5.74) is 0.111. The maximum Gasteiger partial charge on any atom is 0.255 e. The Labute approximate surface area is 124 Å². The van der Waals surface area contributed by atoms with Gasteiger partial charge in [-0.3, -0.25) is 4.79 Å². The Morgan fingerprint density at radius 2 is 2.10 bits per heavy atom. The molecule has 1 saturated carbocycles. The average Bonchev–Trinajstić information content (AvgIpc) is 2.47. The molecule has 2 rings (SSSR count). The van der Waals surface area contributed by atoms with Gasteiger partial charge in [0.1, 0.15) is 11.6 Å². The molecule has 116 valence electrons. The third-order valence-corrected chi connectivity index (χ3v) is 4.17. The van der Waals surface area contributed by atoms with Gasteiger partial charge in [-0.2, -0.15) is 0 Å². The van der Waals surface area contributed by atoms with Crippen molar-refractivity contribution in [2.45, 2.75) is 38.2 Å². The van der Waals surface area contributed by atoms with Crippen LogP contribution in [0.4, 0.5) is 4.39 Å². The predicted octanol–water partition coefficient (Wildman–Crippen LogP) is 2.86. The summed E-state index contributed by atoms with van der Waals surface area (Å²) in [6.07, 6.45) is 5.70. The number of carbonyl (C=O) groups is 1. The first kappa shape index (κ1) is 15.8. The van der Waals surface area contributed by atoms with Gasteiger partial charge in [-0.1, -0.05) is 0 Å². The molecule has 0 heterocycles. The second-order valence-electron chi connectivity index (χ2n) is 5.58. The topological polar surface area (TPSA) is 58.6 Å². The maximum atomic E-state index is 12.9. The standard InChI is InChI=1S/C16H22FNO3/c1-21-13-5-2-11(3-6-13)8-9-18-16(20)14-7-4-12(17)10-15(14)19/h4,7,10-11,13,19H,2-3,5-6,8-9H2,1H3,(H,18,20). The molecule has 5 heteroatoms. The van der Waals surface area contributed by atoms with Crippen molar-refractivity contribution >= 4 is 5.91 Å². The third-order valence-electron chi connectivity index (χ3n) is 4.17. The highest BCUT2D eigenvalue weighted by Crippen LogP contribution is 2.27. The van der Waals surface area contributed by atoms with Gasteiger partial charge >= 0.3 is 0 Å². The summed E-state index contributed by atoms with van der Waals surface area (Å²) in [5.74, 6) is -0.636. The lowest BCUT2D eigenvalue weighted by Gasteiger charge is -2.27. The smallest absolute Gasteiger partial charge is 0.255 e. The van der Waals surface area contributed by atoms with Crippen LogP contribution in [-0.2, 0) is 4.74 Å². The molecule has 0 bridgehead atoms. The van der Waals surface area contributed by atoms with Crippen LogP contribution in [0.1, 0.15) is 42.5 Å². The number of carbonyl (C=O) groups excluding carboxylic acids is 1. The normalized spacial score (nSPS) is 22.0. The van der Waals surface area contributed by atoms with Gasteiger partial charge in [0, 0.05) is 19.7 Å². The first-order chi connectivity index (χ1) is 10.1. The molecule has 1 aliphatic rings. The number of ether oxygens (including phenoxy) is 1. The average molecular weight is 295 g/mol. The molecule has 0 unspecified atom stereocenters. The Kier molecular flexibility index (Phi) is 5.56. The molecule has 0 radical (unpaired) electrons. The van der Waals surface area contributed by atoms with E-state index >= 15 is 0 Å². The van der Waals surface area contributed by atoms with Crippen LogP contribution in [0.2, 0.25) is 0 Å². The van der Waals surface area contributed by atoms with Gasteiger partial charge in [0.25, 0.3) is 5.91 Å². The Hall–Kier alpha value is -1.62. The largest absolute Gasteiger partial charge is 0.507 e. The van der Waals surface area contributed by atoms with Crippen molar-refractivity contribution in [1.29, 1.82) is 0 Å². The molecule has 1 amide bonds. The number of hydrogen-bond acceptors (Lipinski definition) is 3. The van der Waals surface area contributed by atoms with Gasteiger partial charge in [0.05, 0.1) is 11.7 Å². The lowest BCUT2D eigenvalue weighted by Crippen LogP contribution is -2.28. The van der Waals surface area contributed by atoms with Crippen molar-refractivity contribution in [2.75, 3.05) is 13.7 Å². The van der Waals surface area contributed by atoms with E-state index in [1.165, 1.54) is 12.1 Å². The van der Waals surface area contributed by atoms with Crippen LogP contribution in [0.15, 0.2) is 18.2 Å². The molecular weight excluding hydrogens is 273 g/mol. The summed E-state index contributed by atoms with van der Waals surface area (Å²) >= 11 is 0. The van der Waals surface area contributed by atoms with E-state index < -0.39 is 5.82 Å². The molecule has 0 aromatic heterocycles. The Morgan fingerprint density at radius 3 is 2.71 bits per heavy atom. The number of hydrogen-bond donors (Lipinski definition) is 2. The first-order valence-corrected chi connectivity index (χ1v) is 7.39. The first-order valence-electron chi connectivity index (χ1n) is 7.39. The lowest BCUT2D eigenvalue weighted by atomic mass is 9.85. The van der Waals surface area contributed by atoms with Gasteiger partial charge in [0.15, 0.2) is 0 Å². The van der Waals surface area contributed by atoms with Crippen molar-refractivity contribution in [3.63, 3.8) is 0 Å². The van der Waals surface area contributed by atoms with Gasteiger partial charge in [-0.25, -0.2) is 4.39 Å². The van der Waals surface area contributed by atoms with Crippen LogP contribution in [0.25, 0.3) is 0 Å². The van der Waals surface area contributed by atoms with Crippen LogP contribution in [0, 0.1) is 11.7 Å². The number of benzene rings is 1. The quantitative estimate of drug-likeness (QED) is 0.878. The van der Waals surface area contributed by atoms with E-state index in [1.54, 1.807) is 7.11 Å². The van der Waals surface area contributed by atoms with Crippen molar-refractivity contribution in [2.24, 2.45) is 5.92 Å². The number of nitrogens with one attached hydrogen (secondary N) is 1. The zero-order chi connectivity index (χ0) is 15.2. The molecule has 0 saturated heterocycles. The second kappa shape index (κ2) is 7.41. The molecule has 2 N–H and O–H groups in total. The number of aromatic hydroxyl groups is 1. The van der Waals surface area contributed by atoms with Crippen molar-refractivity contribution in [3.05, 3.63) is 29.6 Å². The molecule has 0 spiro atoms. The molecule has 1 aliphatic carbocycles. The molecule has 1 aromatic carbocycles. The number of amides is 1. The van der Waals surface area contributed by atoms with Crippen LogP contribution in [0.5, 0.6) is 5.75 Å². The Bertz CT molecular complexity index is 484. The number of halogens is 1. The van der Waals surface area contributed by atoms with E-state index in [2.05, 4.69) is 5.32 Å². The zero-order valence-corrected chi connectivity index (χ0v) is 12.3. The molecule has 0 aliphatic heterocycles. The number of rotatable bonds is 5. The van der Waals surface area contributed by atoms with E-state index in [1.807, 2.05) is 0 Å². The maximum absolute atomic E-state index is 12.9. The van der Waals surface area contributed by atoms with Crippen LogP contribution in [-0.4, -0.2) is 30.8 Å². The molecule has 1 aromatic rings. The molecule has 4 nitrogen and oxygen atoms in total. The van der Waals surface area contributed by atoms with E-state index in [-0.39, 0.29) is 17.2 Å². The molecule has 1 fully saturated rings. The van der Waals surface area contributed by atoms with Gasteiger partial charge in [0.2, 0.25) is 0 Å². The third kappa shape index (κ3) is 4.43. The summed E-state index contributed by atoms with van der Waals surface area (Å²) < 4.78 is 18.2. The van der Waals surface area contributed by atoms with Gasteiger partial charge in [-0.15, -0.1) is 0 Å². The molecular formula is C16H22FNO3. The minimum Gasteiger partial charge on any atom is -0.507 e. The number of methoxy groups -OCH3 is 1. The number of phenolic OH excluding ortho intramolecular Hbond substituents is 1. The zero-order valence-electron chi connectivity index (χ0n) is 12.3. The fraction of sp³-hybridized carbons (Fsp3) is 0.562. The highest BCUT2D eigenvalue weighted by Gasteiger charge is 2.20. The monoisotopic (exact) mass is 295 g/mol. The van der Waals surface area contributed by atoms with Crippen LogP contribution >= 0.6 is 0 Å². The van der Waals surface area contributed by atoms with Crippen molar-refractivity contribution in [1.82, 2.24) is 5.32 Å². The van der Waals surface area contributed by atoms with E-state index in [4.69, 9.17) is 4.74 Å². The van der Waals surface area contributed by atoms with Gasteiger partial charge in [-0.05, 0) is 50.2 Å². The minimum absolute atomic E-state index is 0.111. The summed E-state index contributed by atoms with van der Waals surface area (Å²) in [7, 11) is 1.75. The number of phenols is 1. The summed E-state index contributed by atoms with van der Waals surface area (Å²) in [6.45, 7) is 0.567. The van der Waals surface area contributed by atoms with Crippen LogP contribution in [0.3, 0.4) is 0 Å². The Balaban J connectivity index is 1.74. The lowest BCUT2D eigenvalue weighted by molar-refractivity contribution is 0.0554. The van der Waals surface area contributed by atoms with Crippen molar-refractivity contribution < 1.29 is 19.0 Å². The summed E-state index contributed by atoms with van der Waals surface area (Å²) in [5, 5.41) is 12.3. The summed E-state index contributed by atoms with van der Waals surface area (Å²) in [6, 6.07) is 3.41. The summed E-state index contributed by atoms with van der Waals surface area (Å²) in [4.78, 5) is 11.9. The van der Waals surface area contributed by atoms with Crippen LogP contribution < -0.4 is 5.32 Å². The van der Waals surface area contributed by atoms with Crippen molar-refractivity contribution in [3.8, 4) is 5.75 Å².